The Balaban J connectivity index is 1.07. The molecule has 0 aliphatic rings. The van der Waals surface area contributed by atoms with Gasteiger partial charge in [0.1, 0.15) is 0 Å². The van der Waals surface area contributed by atoms with E-state index in [4.69, 9.17) is 19.9 Å². The summed E-state index contributed by atoms with van der Waals surface area (Å²) in [4.78, 5) is 19.8. The van der Waals surface area contributed by atoms with Crippen molar-refractivity contribution in [3.8, 4) is 118 Å². The van der Waals surface area contributed by atoms with Crippen molar-refractivity contribution in [2.24, 2.45) is 0 Å². The van der Waals surface area contributed by atoms with Gasteiger partial charge >= 0.3 is 6.18 Å². The van der Waals surface area contributed by atoms with Gasteiger partial charge in [0, 0.05) is 96.4 Å². The molecule has 0 amide bonds. The molecule has 16 aromatic rings. The highest BCUT2D eigenvalue weighted by Crippen LogP contribution is 2.47. The molecule has 0 radical (unpaired) electrons. The summed E-state index contributed by atoms with van der Waals surface area (Å²) in [5.41, 5.74) is 17.4. The Labute approximate surface area is 527 Å². The van der Waals surface area contributed by atoms with Crippen LogP contribution >= 0.6 is 0 Å². The minimum absolute atomic E-state index is 0.0490. The number of benzene rings is 10. The van der Waals surface area contributed by atoms with E-state index in [-0.39, 0.29) is 16.7 Å². The minimum Gasteiger partial charge on any atom is -0.307 e. The Morgan fingerprint density at radius 2 is 0.576 bits per heavy atom. The Morgan fingerprint density at radius 1 is 0.283 bits per heavy atom. The number of fused-ring (bicyclic) bond motifs is 6. The molecule has 6 aromatic heterocycles. The van der Waals surface area contributed by atoms with Gasteiger partial charge in [-0.05, 0) is 94.5 Å². The number of halogens is 3. The zero-order valence-electron chi connectivity index (χ0n) is 49.1. The highest BCUT2D eigenvalue weighted by atomic mass is 19.4. The highest BCUT2D eigenvalue weighted by Gasteiger charge is 2.35. The standard InChI is InChI=1S/C82H50F3N7/c83-82(84,85)71-32-14-13-27-65(71)70-50-77(92-74-47-58(63-30-17-43-89-80(63)54-23-9-3-10-24-54)35-39-68(74)69-40-36-59(48-75(69)92)64-31-18-44-90-81(64)55-25-11-4-12-26-55)76(49-60(70)51-86)91-72-45-56(61-28-15-41-87-78(61)52-19-5-1-6-20-52)33-37-66(72)67-38-34-57(46-73(67)91)62-29-16-42-88-79(62)53-21-7-2-8-22-53/h1-50H. The molecule has 16 rings (SSSR count). The fourth-order valence-electron chi connectivity index (χ4n) is 13.3. The molecule has 10 aromatic carbocycles. The number of nitrogens with zero attached hydrogens (tertiary/aromatic N) is 7. The van der Waals surface area contributed by atoms with Crippen LogP contribution in [-0.2, 0) is 6.18 Å². The van der Waals surface area contributed by atoms with E-state index in [0.717, 1.165) is 139 Å². The first kappa shape index (κ1) is 55.0. The number of hydrogen-bond acceptors (Lipinski definition) is 5. The largest absolute Gasteiger partial charge is 0.417 e. The number of rotatable bonds is 11. The molecule has 0 atom stereocenters. The van der Waals surface area contributed by atoms with Gasteiger partial charge in [0.2, 0.25) is 0 Å². The summed E-state index contributed by atoms with van der Waals surface area (Å²) in [6.45, 7) is 0. The second-order valence-corrected chi connectivity index (χ2v) is 22.7. The van der Waals surface area contributed by atoms with Gasteiger partial charge in [-0.1, -0.05) is 212 Å². The Morgan fingerprint density at radius 3 is 0.891 bits per heavy atom. The summed E-state index contributed by atoms with van der Waals surface area (Å²) in [5.74, 6) is 0. The van der Waals surface area contributed by atoms with Crippen LogP contribution in [0.3, 0.4) is 0 Å². The fourth-order valence-corrected chi connectivity index (χ4v) is 13.3. The van der Waals surface area contributed by atoms with Crippen LogP contribution in [0.1, 0.15) is 11.1 Å². The zero-order valence-corrected chi connectivity index (χ0v) is 49.1. The van der Waals surface area contributed by atoms with E-state index in [1.807, 2.05) is 121 Å². The maximum absolute atomic E-state index is 15.7. The average Bonchev–Trinajstić information content (AvgIpc) is 1.51. The number of aromatic nitrogens is 6. The van der Waals surface area contributed by atoms with Gasteiger partial charge in [-0.15, -0.1) is 0 Å². The van der Waals surface area contributed by atoms with Crippen LogP contribution in [0, 0.1) is 11.3 Å². The number of alkyl halides is 3. The Bertz CT molecular complexity index is 5300. The molecular weight excluding hydrogens is 1140 g/mol. The van der Waals surface area contributed by atoms with Crippen molar-refractivity contribution >= 4 is 43.6 Å². The van der Waals surface area contributed by atoms with Gasteiger partial charge in [-0.25, -0.2) is 0 Å². The molecule has 0 unspecified atom stereocenters. The van der Waals surface area contributed by atoms with Crippen molar-refractivity contribution in [1.29, 1.82) is 5.26 Å². The van der Waals surface area contributed by atoms with Crippen LogP contribution < -0.4 is 0 Å². The first-order chi connectivity index (χ1) is 45.3. The van der Waals surface area contributed by atoms with Crippen molar-refractivity contribution in [2.75, 3.05) is 0 Å². The maximum atomic E-state index is 15.7. The summed E-state index contributed by atoms with van der Waals surface area (Å²) in [7, 11) is 0. The van der Waals surface area contributed by atoms with Crippen LogP contribution in [0.2, 0.25) is 0 Å². The van der Waals surface area contributed by atoms with Gasteiger partial charge in [-0.3, -0.25) is 19.9 Å². The van der Waals surface area contributed by atoms with E-state index < -0.39 is 11.7 Å². The summed E-state index contributed by atoms with van der Waals surface area (Å²) in [5, 5.41) is 15.2. The molecule has 6 heterocycles. The molecule has 0 aliphatic heterocycles. The lowest BCUT2D eigenvalue weighted by Gasteiger charge is -2.21. The predicted octanol–water partition coefficient (Wildman–Crippen LogP) is 21.4. The summed E-state index contributed by atoms with van der Waals surface area (Å²) >= 11 is 0. The molecule has 92 heavy (non-hydrogen) atoms. The van der Waals surface area contributed by atoms with E-state index in [9.17, 15) is 5.26 Å². The van der Waals surface area contributed by atoms with Gasteiger partial charge in [0.25, 0.3) is 0 Å². The lowest BCUT2D eigenvalue weighted by Crippen LogP contribution is -2.09. The third kappa shape index (κ3) is 9.55. The molecule has 0 spiro atoms. The number of nitriles is 1. The van der Waals surface area contributed by atoms with Crippen molar-refractivity contribution in [2.45, 2.75) is 6.18 Å². The first-order valence-corrected chi connectivity index (χ1v) is 30.2. The van der Waals surface area contributed by atoms with Crippen molar-refractivity contribution in [3.05, 3.63) is 315 Å². The first-order valence-electron chi connectivity index (χ1n) is 30.2. The minimum atomic E-state index is -4.77. The second kappa shape index (κ2) is 22.7. The van der Waals surface area contributed by atoms with E-state index in [2.05, 4.69) is 137 Å². The lowest BCUT2D eigenvalue weighted by atomic mass is 9.94. The van der Waals surface area contributed by atoms with E-state index >= 15 is 13.2 Å². The van der Waals surface area contributed by atoms with Crippen molar-refractivity contribution in [3.63, 3.8) is 0 Å². The number of pyridine rings is 4. The Kier molecular flexibility index (Phi) is 13.6. The quantitative estimate of drug-likeness (QED) is 0.129. The van der Waals surface area contributed by atoms with E-state index in [1.165, 1.54) is 12.1 Å². The van der Waals surface area contributed by atoms with Crippen LogP contribution in [0.15, 0.2) is 304 Å². The monoisotopic (exact) mass is 1190 g/mol. The average molecular weight is 1190 g/mol. The fraction of sp³-hybridized carbons (Fsp3) is 0.0122. The molecule has 0 aliphatic carbocycles. The Hall–Kier alpha value is -12.3. The number of hydrogen-bond donors (Lipinski definition) is 0. The van der Waals surface area contributed by atoms with E-state index in [0.29, 0.717) is 11.4 Å². The predicted molar refractivity (Wildman–Crippen MR) is 365 cm³/mol. The smallest absolute Gasteiger partial charge is 0.307 e. The highest BCUT2D eigenvalue weighted by molar-refractivity contribution is 6.14. The lowest BCUT2D eigenvalue weighted by molar-refractivity contribution is -0.137. The summed E-state index contributed by atoms with van der Waals surface area (Å²) in [6.07, 6.45) is 2.42. The molecule has 7 nitrogen and oxygen atoms in total. The molecule has 10 heteroatoms. The second-order valence-electron chi connectivity index (χ2n) is 22.7. The summed E-state index contributed by atoms with van der Waals surface area (Å²) < 4.78 is 51.3. The van der Waals surface area contributed by atoms with Crippen molar-refractivity contribution < 1.29 is 13.2 Å². The van der Waals surface area contributed by atoms with E-state index in [1.54, 1.807) is 43.0 Å². The van der Waals surface area contributed by atoms with Gasteiger partial charge in [0.05, 0.1) is 73.4 Å². The van der Waals surface area contributed by atoms with Crippen LogP contribution in [0.25, 0.3) is 156 Å². The van der Waals surface area contributed by atoms with Gasteiger partial charge < -0.3 is 9.13 Å². The van der Waals surface area contributed by atoms with Crippen LogP contribution in [0.5, 0.6) is 0 Å². The molecular formula is C82H50F3N7. The van der Waals surface area contributed by atoms with Gasteiger partial charge in [-0.2, -0.15) is 18.4 Å². The molecule has 0 bridgehead atoms. The SMILES string of the molecule is N#Cc1cc(-n2c3cc(-c4cccnc4-c4ccccc4)ccc3c3ccc(-c4cccnc4-c4ccccc4)cc32)c(-n2c3cc(-c4cccnc4-c4ccccc4)ccc3c3ccc(-c4cccnc4-c4ccccc4)cc32)cc1-c1ccccc1C(F)(F)F. The molecule has 0 N–H and O–H groups in total. The molecule has 0 saturated carbocycles. The third-order valence-electron chi connectivity index (χ3n) is 17.4. The van der Waals surface area contributed by atoms with Gasteiger partial charge in [0.15, 0.2) is 0 Å². The zero-order chi connectivity index (χ0) is 61.9. The molecule has 0 saturated heterocycles. The maximum Gasteiger partial charge on any atom is 0.417 e. The van der Waals surface area contributed by atoms with Crippen LogP contribution in [0.4, 0.5) is 13.2 Å². The summed E-state index contributed by atoms with van der Waals surface area (Å²) in [6, 6.07) is 93.5. The third-order valence-corrected chi connectivity index (χ3v) is 17.4. The normalized spacial score (nSPS) is 11.6. The molecule has 434 valence electrons. The molecule has 0 fully saturated rings. The van der Waals surface area contributed by atoms with Crippen molar-refractivity contribution in [1.82, 2.24) is 29.1 Å². The topological polar surface area (TPSA) is 85.2 Å². The van der Waals surface area contributed by atoms with Crippen LogP contribution in [-0.4, -0.2) is 29.1 Å².